The molecule has 17 heavy (non-hydrogen) atoms. The molecule has 0 saturated carbocycles. The summed E-state index contributed by atoms with van der Waals surface area (Å²) < 4.78 is 0. The molecule has 0 fully saturated rings. The molecule has 1 N–H and O–H groups in total. The fourth-order valence-electron chi connectivity index (χ4n) is 2.80. The van der Waals surface area contributed by atoms with Crippen molar-refractivity contribution >= 4 is 0 Å². The maximum atomic E-state index is 3.62. The van der Waals surface area contributed by atoms with Crippen LogP contribution in [0.15, 0.2) is 42.5 Å². The third-order valence-electron chi connectivity index (χ3n) is 3.70. The second-order valence-corrected chi connectivity index (χ2v) is 4.82. The molecule has 1 unspecified atom stereocenters. The van der Waals surface area contributed by atoms with E-state index >= 15 is 0 Å². The minimum atomic E-state index is 0.368. The van der Waals surface area contributed by atoms with Gasteiger partial charge in [0.1, 0.15) is 0 Å². The van der Waals surface area contributed by atoms with Gasteiger partial charge in [0, 0.05) is 6.54 Å². The summed E-state index contributed by atoms with van der Waals surface area (Å²) in [5, 5.41) is 3.62. The minimum Gasteiger partial charge on any atom is -0.302 e. The molecule has 1 atom stereocenters. The van der Waals surface area contributed by atoms with E-state index < -0.39 is 0 Å². The van der Waals surface area contributed by atoms with Crippen LogP contribution in [0.3, 0.4) is 0 Å². The lowest BCUT2D eigenvalue weighted by Gasteiger charge is -2.17. The van der Waals surface area contributed by atoms with Crippen LogP contribution in [0.1, 0.15) is 33.9 Å². The van der Waals surface area contributed by atoms with Crippen LogP contribution in [0.2, 0.25) is 0 Å². The van der Waals surface area contributed by atoms with Gasteiger partial charge < -0.3 is 5.32 Å². The highest BCUT2D eigenvalue weighted by atomic mass is 14.9. The van der Waals surface area contributed by atoms with Crippen molar-refractivity contribution in [3.63, 3.8) is 0 Å². The van der Waals surface area contributed by atoms with E-state index in [4.69, 9.17) is 0 Å². The van der Waals surface area contributed by atoms with Gasteiger partial charge in [0.05, 0.1) is 6.04 Å². The van der Waals surface area contributed by atoms with Crippen molar-refractivity contribution in [2.24, 2.45) is 0 Å². The van der Waals surface area contributed by atoms with Crippen LogP contribution in [-0.2, 0) is 6.54 Å². The van der Waals surface area contributed by atoms with E-state index in [2.05, 4.69) is 61.6 Å². The molecule has 86 valence electrons. The normalized spacial score (nSPS) is 18.1. The Bertz CT molecular complexity index is 557. The van der Waals surface area contributed by atoms with Crippen LogP contribution >= 0.6 is 0 Å². The molecule has 0 radical (unpaired) electrons. The zero-order valence-electron chi connectivity index (χ0n) is 10.3. The van der Waals surface area contributed by atoms with Crippen molar-refractivity contribution in [1.82, 2.24) is 5.32 Å². The predicted molar refractivity (Wildman–Crippen MR) is 71.0 cm³/mol. The van der Waals surface area contributed by atoms with E-state index in [9.17, 15) is 0 Å². The van der Waals surface area contributed by atoms with Crippen molar-refractivity contribution in [1.29, 1.82) is 0 Å². The Morgan fingerprint density at radius 1 is 0.941 bits per heavy atom. The summed E-state index contributed by atoms with van der Waals surface area (Å²) in [5.41, 5.74) is 7.07. The molecule has 0 bridgehead atoms. The van der Waals surface area contributed by atoms with E-state index in [-0.39, 0.29) is 0 Å². The second-order valence-electron chi connectivity index (χ2n) is 4.82. The van der Waals surface area contributed by atoms with Crippen molar-refractivity contribution in [2.75, 3.05) is 0 Å². The number of hydrogen-bond acceptors (Lipinski definition) is 1. The van der Waals surface area contributed by atoms with Crippen molar-refractivity contribution in [3.8, 4) is 0 Å². The molecule has 0 amide bonds. The van der Waals surface area contributed by atoms with Gasteiger partial charge in [-0.2, -0.15) is 0 Å². The van der Waals surface area contributed by atoms with Gasteiger partial charge in [0.2, 0.25) is 0 Å². The minimum absolute atomic E-state index is 0.368. The molecule has 1 heteroatoms. The lowest BCUT2D eigenvalue weighted by Crippen LogP contribution is -2.15. The summed E-state index contributed by atoms with van der Waals surface area (Å²) in [7, 11) is 0. The van der Waals surface area contributed by atoms with E-state index in [0.717, 1.165) is 6.54 Å². The fourth-order valence-corrected chi connectivity index (χ4v) is 2.80. The molecule has 3 rings (SSSR count). The molecule has 0 saturated heterocycles. The molecule has 1 heterocycles. The van der Waals surface area contributed by atoms with Gasteiger partial charge in [-0.05, 0) is 41.7 Å². The number of rotatable bonds is 1. The number of hydrogen-bond donors (Lipinski definition) is 1. The quantitative estimate of drug-likeness (QED) is 0.780. The molecule has 0 aromatic heterocycles. The van der Waals surface area contributed by atoms with Gasteiger partial charge in [0.25, 0.3) is 0 Å². The summed E-state index contributed by atoms with van der Waals surface area (Å²) >= 11 is 0. The van der Waals surface area contributed by atoms with Crippen molar-refractivity contribution in [2.45, 2.75) is 26.4 Å². The third-order valence-corrected chi connectivity index (χ3v) is 3.70. The molecule has 0 spiro atoms. The monoisotopic (exact) mass is 223 g/mol. The highest BCUT2D eigenvalue weighted by Crippen LogP contribution is 2.34. The molecule has 0 aliphatic carbocycles. The highest BCUT2D eigenvalue weighted by Gasteiger charge is 2.25. The molecular formula is C16H17N. The molecule has 1 nitrogen and oxygen atoms in total. The van der Waals surface area contributed by atoms with Crippen LogP contribution in [0.4, 0.5) is 0 Å². The smallest absolute Gasteiger partial charge is 0.0587 e. The van der Waals surface area contributed by atoms with Gasteiger partial charge in [-0.3, -0.25) is 0 Å². The van der Waals surface area contributed by atoms with Crippen molar-refractivity contribution in [3.05, 3.63) is 70.3 Å². The Balaban J connectivity index is 2.13. The van der Waals surface area contributed by atoms with E-state index in [1.165, 1.54) is 27.8 Å². The van der Waals surface area contributed by atoms with E-state index in [0.29, 0.717) is 6.04 Å². The first kappa shape index (κ1) is 10.5. The molecule has 2 aromatic rings. The zero-order valence-corrected chi connectivity index (χ0v) is 10.3. The molecule has 1 aliphatic rings. The summed E-state index contributed by atoms with van der Waals surface area (Å²) in [6.07, 6.45) is 0. The first-order valence-electron chi connectivity index (χ1n) is 6.14. The van der Waals surface area contributed by atoms with Crippen LogP contribution < -0.4 is 5.32 Å². The average molecular weight is 223 g/mol. The first-order valence-corrected chi connectivity index (χ1v) is 6.14. The van der Waals surface area contributed by atoms with Gasteiger partial charge in [-0.25, -0.2) is 0 Å². The topological polar surface area (TPSA) is 12.0 Å². The number of benzene rings is 2. The van der Waals surface area contributed by atoms with Crippen LogP contribution in [0.25, 0.3) is 0 Å². The van der Waals surface area contributed by atoms with Crippen LogP contribution in [-0.4, -0.2) is 0 Å². The van der Waals surface area contributed by atoms with Crippen molar-refractivity contribution < 1.29 is 0 Å². The van der Waals surface area contributed by atoms with Crippen LogP contribution in [0.5, 0.6) is 0 Å². The molecular weight excluding hydrogens is 206 g/mol. The fraction of sp³-hybridized carbons (Fsp3) is 0.250. The Labute approximate surface area is 102 Å². The van der Waals surface area contributed by atoms with Gasteiger partial charge in [-0.15, -0.1) is 0 Å². The Morgan fingerprint density at radius 3 is 2.53 bits per heavy atom. The summed E-state index contributed by atoms with van der Waals surface area (Å²) in [5.74, 6) is 0. The Kier molecular flexibility index (Phi) is 2.49. The predicted octanol–water partition coefficient (Wildman–Crippen LogP) is 3.50. The largest absolute Gasteiger partial charge is 0.302 e. The summed E-state index contributed by atoms with van der Waals surface area (Å²) in [6.45, 7) is 5.38. The summed E-state index contributed by atoms with van der Waals surface area (Å²) in [6, 6.07) is 15.6. The SMILES string of the molecule is Cc1ccccc1C1NCc2cccc(C)c21. The number of aryl methyl sites for hydroxylation is 2. The zero-order chi connectivity index (χ0) is 11.8. The number of nitrogens with one attached hydrogen (secondary N) is 1. The Hall–Kier alpha value is -1.60. The maximum Gasteiger partial charge on any atom is 0.0587 e. The standard InChI is InChI=1S/C16H17N/c1-11-6-3-4-9-14(11)16-15-12(2)7-5-8-13(15)10-17-16/h3-9,16-17H,10H2,1-2H3. The van der Waals surface area contributed by atoms with Gasteiger partial charge >= 0.3 is 0 Å². The second kappa shape index (κ2) is 4.01. The maximum absolute atomic E-state index is 3.62. The molecule has 1 aliphatic heterocycles. The summed E-state index contributed by atoms with van der Waals surface area (Å²) in [4.78, 5) is 0. The first-order chi connectivity index (χ1) is 8.27. The average Bonchev–Trinajstić information content (AvgIpc) is 2.75. The number of fused-ring (bicyclic) bond motifs is 1. The van der Waals surface area contributed by atoms with Gasteiger partial charge in [-0.1, -0.05) is 42.5 Å². The molecule has 2 aromatic carbocycles. The lowest BCUT2D eigenvalue weighted by molar-refractivity contribution is 0.662. The van der Waals surface area contributed by atoms with Crippen LogP contribution in [0, 0.1) is 13.8 Å². The van der Waals surface area contributed by atoms with Gasteiger partial charge in [0.15, 0.2) is 0 Å². The highest BCUT2D eigenvalue weighted by molar-refractivity contribution is 5.47. The van der Waals surface area contributed by atoms with E-state index in [1.54, 1.807) is 0 Å². The third kappa shape index (κ3) is 1.67. The Morgan fingerprint density at radius 2 is 1.71 bits per heavy atom. The van der Waals surface area contributed by atoms with E-state index in [1.807, 2.05) is 0 Å². The lowest BCUT2D eigenvalue weighted by atomic mass is 9.92.